The molecular formula is C15H20N4O. The number of benzene rings is 1. The highest BCUT2D eigenvalue weighted by atomic mass is 16.5. The Kier molecular flexibility index (Phi) is 3.69. The molecule has 5 nitrogen and oxygen atoms in total. The summed E-state index contributed by atoms with van der Waals surface area (Å²) >= 11 is 0. The van der Waals surface area contributed by atoms with E-state index < -0.39 is 0 Å². The van der Waals surface area contributed by atoms with Crippen LogP contribution in [0.15, 0.2) is 28.8 Å². The largest absolute Gasteiger partial charge is 0.362 e. The van der Waals surface area contributed by atoms with Crippen molar-refractivity contribution in [3.05, 3.63) is 41.5 Å². The second-order valence-electron chi connectivity index (χ2n) is 5.43. The van der Waals surface area contributed by atoms with Crippen molar-refractivity contribution in [3.63, 3.8) is 0 Å². The highest BCUT2D eigenvalue weighted by Crippen LogP contribution is 2.23. The Hall–Kier alpha value is -1.88. The number of anilines is 1. The lowest BCUT2D eigenvalue weighted by molar-refractivity contribution is 0.360. The number of aromatic nitrogens is 2. The number of para-hydroxylation sites is 1. The quantitative estimate of drug-likeness (QED) is 0.929. The predicted molar refractivity (Wildman–Crippen MR) is 77.6 cm³/mol. The summed E-state index contributed by atoms with van der Waals surface area (Å²) in [7, 11) is 0. The molecule has 0 atom stereocenters. The number of hydrogen-bond donors (Lipinski definition) is 1. The molecule has 0 bridgehead atoms. The molecule has 0 saturated heterocycles. The van der Waals surface area contributed by atoms with Gasteiger partial charge in [0.1, 0.15) is 0 Å². The van der Waals surface area contributed by atoms with E-state index >= 15 is 0 Å². The summed E-state index contributed by atoms with van der Waals surface area (Å²) in [6, 6.07) is 8.48. The van der Waals surface area contributed by atoms with Gasteiger partial charge in [0.15, 0.2) is 5.82 Å². The first kappa shape index (κ1) is 13.1. The second-order valence-corrected chi connectivity index (χ2v) is 5.43. The van der Waals surface area contributed by atoms with Crippen molar-refractivity contribution in [3.8, 4) is 0 Å². The summed E-state index contributed by atoms with van der Waals surface area (Å²) in [4.78, 5) is 6.78. The summed E-state index contributed by atoms with van der Waals surface area (Å²) in [6.45, 7) is 7.63. The number of nitrogens with one attached hydrogen (secondary N) is 1. The van der Waals surface area contributed by atoms with Crippen LogP contribution in [0.4, 0.5) is 5.69 Å². The van der Waals surface area contributed by atoms with Crippen LogP contribution in [0.1, 0.15) is 37.0 Å². The molecule has 0 aliphatic carbocycles. The van der Waals surface area contributed by atoms with Gasteiger partial charge in [-0.1, -0.05) is 37.2 Å². The first-order valence-electron chi connectivity index (χ1n) is 7.10. The van der Waals surface area contributed by atoms with Gasteiger partial charge in [0.2, 0.25) is 5.89 Å². The van der Waals surface area contributed by atoms with Crippen LogP contribution in [0.3, 0.4) is 0 Å². The van der Waals surface area contributed by atoms with Gasteiger partial charge >= 0.3 is 0 Å². The zero-order valence-electron chi connectivity index (χ0n) is 12.0. The highest BCUT2D eigenvalue weighted by molar-refractivity contribution is 5.54. The summed E-state index contributed by atoms with van der Waals surface area (Å²) in [5.74, 6) is 1.74. The smallest absolute Gasteiger partial charge is 0.229 e. The molecule has 2 heterocycles. The first-order chi connectivity index (χ1) is 9.74. The van der Waals surface area contributed by atoms with Crippen molar-refractivity contribution in [2.75, 3.05) is 18.0 Å². The lowest BCUT2D eigenvalue weighted by Crippen LogP contribution is -2.28. The normalized spacial score (nSPS) is 15.2. The fourth-order valence-electron chi connectivity index (χ4n) is 2.43. The van der Waals surface area contributed by atoms with Gasteiger partial charge in [0.05, 0.1) is 6.54 Å². The van der Waals surface area contributed by atoms with Crippen LogP contribution >= 0.6 is 0 Å². The molecule has 0 fully saturated rings. The van der Waals surface area contributed by atoms with Gasteiger partial charge in [0.25, 0.3) is 0 Å². The minimum atomic E-state index is 0.273. The Morgan fingerprint density at radius 1 is 1.35 bits per heavy atom. The molecule has 106 valence electrons. The number of hydrogen-bond acceptors (Lipinski definition) is 5. The average molecular weight is 272 g/mol. The minimum absolute atomic E-state index is 0.273. The molecule has 5 heteroatoms. The van der Waals surface area contributed by atoms with Crippen LogP contribution in [0.2, 0.25) is 0 Å². The second kappa shape index (κ2) is 5.63. The van der Waals surface area contributed by atoms with E-state index in [1.807, 2.05) is 0 Å². The molecule has 20 heavy (non-hydrogen) atoms. The van der Waals surface area contributed by atoms with E-state index in [-0.39, 0.29) is 5.92 Å². The Morgan fingerprint density at radius 2 is 2.20 bits per heavy atom. The van der Waals surface area contributed by atoms with Gasteiger partial charge in [-0.25, -0.2) is 0 Å². The summed E-state index contributed by atoms with van der Waals surface area (Å²) in [5.41, 5.74) is 2.57. The molecule has 1 aliphatic rings. The van der Waals surface area contributed by atoms with Crippen LogP contribution in [0.25, 0.3) is 0 Å². The maximum Gasteiger partial charge on any atom is 0.229 e. The Labute approximate surface area is 119 Å². The third-order valence-corrected chi connectivity index (χ3v) is 3.52. The topological polar surface area (TPSA) is 54.2 Å². The zero-order valence-corrected chi connectivity index (χ0v) is 12.0. The van der Waals surface area contributed by atoms with Crippen molar-refractivity contribution in [1.29, 1.82) is 0 Å². The summed E-state index contributed by atoms with van der Waals surface area (Å²) in [5, 5.41) is 7.52. The zero-order chi connectivity index (χ0) is 13.9. The lowest BCUT2D eigenvalue weighted by Gasteiger charge is -2.22. The van der Waals surface area contributed by atoms with E-state index in [4.69, 9.17) is 4.52 Å². The van der Waals surface area contributed by atoms with E-state index in [9.17, 15) is 0 Å². The molecule has 0 amide bonds. The number of fused-ring (bicyclic) bond motifs is 1. The fraction of sp³-hybridized carbons (Fsp3) is 0.467. The average Bonchev–Trinajstić information content (AvgIpc) is 2.82. The Bertz CT molecular complexity index is 579. The predicted octanol–water partition coefficient (Wildman–Crippen LogP) is 2.30. The maximum absolute atomic E-state index is 5.28. The molecule has 0 unspecified atom stereocenters. The van der Waals surface area contributed by atoms with Crippen molar-refractivity contribution >= 4 is 5.69 Å². The van der Waals surface area contributed by atoms with E-state index in [0.29, 0.717) is 12.4 Å². The van der Waals surface area contributed by atoms with Crippen molar-refractivity contribution < 1.29 is 4.52 Å². The van der Waals surface area contributed by atoms with Crippen LogP contribution in [-0.4, -0.2) is 23.2 Å². The van der Waals surface area contributed by atoms with E-state index in [2.05, 4.69) is 58.5 Å². The third kappa shape index (κ3) is 2.67. The molecule has 0 spiro atoms. The molecule has 1 aromatic carbocycles. The van der Waals surface area contributed by atoms with Gasteiger partial charge < -0.3 is 14.7 Å². The minimum Gasteiger partial charge on any atom is -0.362 e. The van der Waals surface area contributed by atoms with E-state index in [1.165, 1.54) is 11.3 Å². The third-order valence-electron chi connectivity index (χ3n) is 3.52. The van der Waals surface area contributed by atoms with Crippen LogP contribution in [-0.2, 0) is 13.1 Å². The van der Waals surface area contributed by atoms with Crippen molar-refractivity contribution in [2.45, 2.75) is 32.9 Å². The number of rotatable bonds is 3. The van der Waals surface area contributed by atoms with Crippen LogP contribution in [0, 0.1) is 0 Å². The standard InChI is InChI=1S/C15H20N4O/c1-11(2)15-17-14(18-20-15)10-19-8-7-16-9-12-5-3-4-6-13(12)19/h3-6,11,16H,7-10H2,1-2H3. The number of nitrogens with zero attached hydrogens (tertiary/aromatic N) is 3. The monoisotopic (exact) mass is 272 g/mol. The SMILES string of the molecule is CC(C)c1nc(CN2CCNCc3ccccc32)no1. The molecule has 1 aromatic heterocycles. The van der Waals surface area contributed by atoms with E-state index in [1.54, 1.807) is 0 Å². The Balaban J connectivity index is 1.82. The van der Waals surface area contributed by atoms with Gasteiger partial charge in [-0.15, -0.1) is 0 Å². The summed E-state index contributed by atoms with van der Waals surface area (Å²) in [6.07, 6.45) is 0. The fourth-order valence-corrected chi connectivity index (χ4v) is 2.43. The van der Waals surface area contributed by atoms with Crippen molar-refractivity contribution in [1.82, 2.24) is 15.5 Å². The molecular weight excluding hydrogens is 252 g/mol. The van der Waals surface area contributed by atoms with E-state index in [0.717, 1.165) is 25.5 Å². The lowest BCUT2D eigenvalue weighted by atomic mass is 10.1. The van der Waals surface area contributed by atoms with Crippen LogP contribution < -0.4 is 10.2 Å². The molecule has 2 aromatic rings. The van der Waals surface area contributed by atoms with Crippen molar-refractivity contribution in [2.24, 2.45) is 0 Å². The molecule has 1 aliphatic heterocycles. The molecule has 0 radical (unpaired) electrons. The Morgan fingerprint density at radius 3 is 3.00 bits per heavy atom. The van der Waals surface area contributed by atoms with Gasteiger partial charge in [-0.3, -0.25) is 0 Å². The highest BCUT2D eigenvalue weighted by Gasteiger charge is 2.17. The maximum atomic E-state index is 5.28. The first-order valence-corrected chi connectivity index (χ1v) is 7.10. The van der Waals surface area contributed by atoms with Gasteiger partial charge in [-0.2, -0.15) is 4.98 Å². The molecule has 0 saturated carbocycles. The van der Waals surface area contributed by atoms with Gasteiger partial charge in [-0.05, 0) is 11.6 Å². The molecule has 3 rings (SSSR count). The van der Waals surface area contributed by atoms with Crippen LogP contribution in [0.5, 0.6) is 0 Å². The summed E-state index contributed by atoms with van der Waals surface area (Å²) < 4.78 is 5.28. The molecule has 1 N–H and O–H groups in total. The van der Waals surface area contributed by atoms with Gasteiger partial charge in [0, 0.05) is 31.2 Å².